The molecule has 0 aromatic rings. The summed E-state index contributed by atoms with van der Waals surface area (Å²) in [6.45, 7) is 7.60. The number of rotatable bonds is 0. The fourth-order valence-corrected chi connectivity index (χ4v) is 0.776. The van der Waals surface area contributed by atoms with Gasteiger partial charge in [-0.2, -0.15) is 0 Å². The van der Waals surface area contributed by atoms with Crippen molar-refractivity contribution in [3.63, 3.8) is 0 Å². The Balaban J connectivity index is 2.31. The molecule has 2 heteroatoms. The molecule has 1 atom stereocenters. The number of hydrogen-bond acceptors (Lipinski definition) is 1. The van der Waals surface area contributed by atoms with Crippen LogP contribution in [0.1, 0.15) is 12.8 Å². The average Bonchev–Trinajstić information content (AvgIpc) is 2.14. The zero-order valence-electron chi connectivity index (χ0n) is 4.15. The van der Waals surface area contributed by atoms with Crippen LogP contribution >= 0.6 is 0 Å². The number of hydrogen-bond donors (Lipinski definition) is 1. The first-order chi connectivity index (χ1) is 3.43. The molecule has 0 spiro atoms. The van der Waals surface area contributed by atoms with Gasteiger partial charge in [-0.3, -0.25) is 4.85 Å². The van der Waals surface area contributed by atoms with Gasteiger partial charge in [0.15, 0.2) is 0 Å². The minimum atomic E-state index is 0.139. The molecule has 38 valence electrons. The fraction of sp³-hybridized carbons (Fsp3) is 0.800. The second kappa shape index (κ2) is 1.94. The van der Waals surface area contributed by atoms with Crippen LogP contribution in [0.4, 0.5) is 0 Å². The van der Waals surface area contributed by atoms with Crippen LogP contribution in [0.2, 0.25) is 0 Å². The molecule has 1 aliphatic rings. The Bertz CT molecular complexity index is 86.7. The Morgan fingerprint density at radius 2 is 2.57 bits per heavy atom. The van der Waals surface area contributed by atoms with E-state index in [0.29, 0.717) is 0 Å². The maximum atomic E-state index is 6.56. The summed E-state index contributed by atoms with van der Waals surface area (Å²) in [6, 6.07) is 0. The first kappa shape index (κ1) is 4.61. The summed E-state index contributed by atoms with van der Waals surface area (Å²) < 4.78 is 0. The lowest BCUT2D eigenvalue weighted by atomic mass is 10.3. The Kier molecular flexibility index (Phi) is 1.28. The van der Waals surface area contributed by atoms with Crippen molar-refractivity contribution >= 4 is 0 Å². The summed E-state index contributed by atoms with van der Waals surface area (Å²) in [7, 11) is 0. The summed E-state index contributed by atoms with van der Waals surface area (Å²) in [5, 5.41) is 3.05. The van der Waals surface area contributed by atoms with E-state index >= 15 is 0 Å². The van der Waals surface area contributed by atoms with E-state index in [2.05, 4.69) is 10.2 Å². The predicted octanol–water partition coefficient (Wildman–Crippen LogP) is 0.615. The van der Waals surface area contributed by atoms with Gasteiger partial charge in [-0.15, -0.1) is 0 Å². The second-order valence-corrected chi connectivity index (χ2v) is 1.74. The molecule has 7 heavy (non-hydrogen) atoms. The molecule has 0 aromatic carbocycles. The number of nitrogens with zero attached hydrogens (tertiary/aromatic N) is 1. The third-order valence-electron chi connectivity index (χ3n) is 1.19. The molecule has 1 N–H and O–H groups in total. The minimum absolute atomic E-state index is 0.139. The van der Waals surface area contributed by atoms with Crippen molar-refractivity contribution < 1.29 is 0 Å². The Morgan fingerprint density at radius 1 is 1.71 bits per heavy atom. The summed E-state index contributed by atoms with van der Waals surface area (Å²) in [5.74, 6) is 0. The molecule has 0 saturated carbocycles. The molecular formula is C5H8N2. The van der Waals surface area contributed by atoms with Crippen LogP contribution in [0.3, 0.4) is 0 Å². The normalized spacial score (nSPS) is 29.9. The lowest BCUT2D eigenvalue weighted by molar-refractivity contribution is 0.723. The number of nitrogens with one attached hydrogen (secondary N) is 1. The second-order valence-electron chi connectivity index (χ2n) is 1.74. The predicted molar refractivity (Wildman–Crippen MR) is 27.6 cm³/mol. The third-order valence-corrected chi connectivity index (χ3v) is 1.19. The van der Waals surface area contributed by atoms with Crippen molar-refractivity contribution in [2.75, 3.05) is 6.54 Å². The van der Waals surface area contributed by atoms with E-state index in [1.807, 2.05) is 0 Å². The molecule has 0 aromatic heterocycles. The molecule has 1 fully saturated rings. The molecule has 0 amide bonds. The van der Waals surface area contributed by atoms with Crippen molar-refractivity contribution in [1.82, 2.24) is 5.32 Å². The highest BCUT2D eigenvalue weighted by Gasteiger charge is 2.15. The van der Waals surface area contributed by atoms with Crippen molar-refractivity contribution in [3.8, 4) is 0 Å². The molecule has 1 saturated heterocycles. The molecule has 0 aliphatic carbocycles. The minimum Gasteiger partial charge on any atom is -0.296 e. The lowest BCUT2D eigenvalue weighted by Gasteiger charge is -1.88. The third kappa shape index (κ3) is 0.908. The summed E-state index contributed by atoms with van der Waals surface area (Å²) in [4.78, 5) is 3.33. The van der Waals surface area contributed by atoms with E-state index in [4.69, 9.17) is 6.57 Å². The monoisotopic (exact) mass is 96.1 g/mol. The average molecular weight is 96.1 g/mol. The van der Waals surface area contributed by atoms with Gasteiger partial charge in [0, 0.05) is 13.0 Å². The largest absolute Gasteiger partial charge is 0.296 e. The SMILES string of the molecule is [C-]#[N+]C1CCCN1. The van der Waals surface area contributed by atoms with Crippen molar-refractivity contribution in [3.05, 3.63) is 11.4 Å². The standard InChI is InChI=1S/C5H8N2/c1-6-5-3-2-4-7-5/h5,7H,2-4H2. The van der Waals surface area contributed by atoms with E-state index < -0.39 is 0 Å². The van der Waals surface area contributed by atoms with E-state index in [0.717, 1.165) is 13.0 Å². The van der Waals surface area contributed by atoms with Crippen molar-refractivity contribution in [2.45, 2.75) is 19.0 Å². The lowest BCUT2D eigenvalue weighted by Crippen LogP contribution is -2.16. The molecule has 1 heterocycles. The molecule has 0 radical (unpaired) electrons. The maximum absolute atomic E-state index is 6.56. The first-order valence-electron chi connectivity index (χ1n) is 2.53. The Hall–Kier alpha value is -0.550. The van der Waals surface area contributed by atoms with Crippen molar-refractivity contribution in [2.24, 2.45) is 0 Å². The molecule has 1 unspecified atom stereocenters. The van der Waals surface area contributed by atoms with Crippen LogP contribution in [-0.2, 0) is 0 Å². The van der Waals surface area contributed by atoms with Gasteiger partial charge in [-0.1, -0.05) is 0 Å². The van der Waals surface area contributed by atoms with Gasteiger partial charge in [0.05, 0.1) is 0 Å². The van der Waals surface area contributed by atoms with Gasteiger partial charge >= 0.3 is 0 Å². The highest BCUT2D eigenvalue weighted by atomic mass is 15.1. The zero-order chi connectivity index (χ0) is 5.11. The van der Waals surface area contributed by atoms with Crippen LogP contribution in [-0.4, -0.2) is 12.7 Å². The van der Waals surface area contributed by atoms with Crippen molar-refractivity contribution in [1.29, 1.82) is 0 Å². The highest BCUT2D eigenvalue weighted by Crippen LogP contribution is 2.04. The van der Waals surface area contributed by atoms with Gasteiger partial charge in [0.2, 0.25) is 0 Å². The molecule has 1 rings (SSSR count). The Labute approximate surface area is 43.3 Å². The van der Waals surface area contributed by atoms with E-state index in [9.17, 15) is 0 Å². The molecule has 0 bridgehead atoms. The van der Waals surface area contributed by atoms with Gasteiger partial charge in [0.1, 0.15) is 0 Å². The van der Waals surface area contributed by atoms with Crippen LogP contribution in [0, 0.1) is 6.57 Å². The summed E-state index contributed by atoms with van der Waals surface area (Å²) >= 11 is 0. The van der Waals surface area contributed by atoms with E-state index in [1.165, 1.54) is 6.42 Å². The molecule has 2 nitrogen and oxygen atoms in total. The van der Waals surface area contributed by atoms with E-state index in [-0.39, 0.29) is 6.17 Å². The summed E-state index contributed by atoms with van der Waals surface area (Å²) in [5.41, 5.74) is 0. The topological polar surface area (TPSA) is 16.4 Å². The Morgan fingerprint density at radius 3 is 2.86 bits per heavy atom. The first-order valence-corrected chi connectivity index (χ1v) is 2.53. The van der Waals surface area contributed by atoms with Crippen LogP contribution in [0.15, 0.2) is 0 Å². The zero-order valence-corrected chi connectivity index (χ0v) is 4.15. The summed E-state index contributed by atoms with van der Waals surface area (Å²) in [6.07, 6.45) is 2.36. The smallest absolute Gasteiger partial charge is 0.277 e. The van der Waals surface area contributed by atoms with Crippen LogP contribution in [0.5, 0.6) is 0 Å². The van der Waals surface area contributed by atoms with Gasteiger partial charge in [-0.25, -0.2) is 11.9 Å². The van der Waals surface area contributed by atoms with Gasteiger partial charge in [0.25, 0.3) is 6.17 Å². The van der Waals surface area contributed by atoms with Crippen LogP contribution in [0.25, 0.3) is 4.85 Å². The molecule has 1 aliphatic heterocycles. The molecular weight excluding hydrogens is 88.1 g/mol. The fourth-order valence-electron chi connectivity index (χ4n) is 0.776. The maximum Gasteiger partial charge on any atom is 0.277 e. The highest BCUT2D eigenvalue weighted by molar-refractivity contribution is 4.80. The van der Waals surface area contributed by atoms with Crippen LogP contribution < -0.4 is 5.32 Å². The quantitative estimate of drug-likeness (QED) is 0.437. The van der Waals surface area contributed by atoms with E-state index in [1.54, 1.807) is 0 Å². The van der Waals surface area contributed by atoms with Gasteiger partial charge < -0.3 is 0 Å². The van der Waals surface area contributed by atoms with Gasteiger partial charge in [-0.05, 0) is 6.42 Å².